The zero-order chi connectivity index (χ0) is 9.42. The molecule has 2 rings (SSSR count). The third-order valence-corrected chi connectivity index (χ3v) is 3.42. The molecule has 74 valence electrons. The Hall–Kier alpha value is -0.300. The van der Waals surface area contributed by atoms with E-state index in [0.717, 1.165) is 11.8 Å². The van der Waals surface area contributed by atoms with E-state index in [1.807, 2.05) is 0 Å². The van der Waals surface area contributed by atoms with Gasteiger partial charge in [-0.3, -0.25) is 0 Å². The van der Waals surface area contributed by atoms with Crippen LogP contribution in [0.5, 0.6) is 0 Å². The van der Waals surface area contributed by atoms with Crippen molar-refractivity contribution < 1.29 is 4.74 Å². The first-order valence-corrected chi connectivity index (χ1v) is 5.51. The van der Waals surface area contributed by atoms with E-state index < -0.39 is 0 Å². The van der Waals surface area contributed by atoms with Crippen LogP contribution in [0, 0.1) is 11.8 Å². The van der Waals surface area contributed by atoms with Crippen molar-refractivity contribution in [2.75, 3.05) is 0 Å². The highest BCUT2D eigenvalue weighted by molar-refractivity contribution is 5.18. The zero-order valence-electron chi connectivity index (χ0n) is 8.92. The Morgan fingerprint density at radius 2 is 2.15 bits per heavy atom. The molecule has 2 aliphatic rings. The Morgan fingerprint density at radius 3 is 2.69 bits per heavy atom. The number of fused-ring (bicyclic) bond motifs is 2. The standard InChI is InChI=1S/C12H20O/c1-4-10-5-9-6-11(10)12(7-9)13-8(2)3/h4,8-9,11-12H,5-7H2,1-3H3/b10-4-/t9-,11-,12+/m0/s1. The highest BCUT2D eigenvalue weighted by atomic mass is 16.5. The molecule has 0 aliphatic heterocycles. The summed E-state index contributed by atoms with van der Waals surface area (Å²) in [6.07, 6.45) is 7.27. The predicted molar refractivity (Wildman–Crippen MR) is 54.6 cm³/mol. The molecule has 0 amide bonds. The number of allylic oxidation sites excluding steroid dienone is 1. The summed E-state index contributed by atoms with van der Waals surface area (Å²) in [5.74, 6) is 1.69. The van der Waals surface area contributed by atoms with Gasteiger partial charge in [0, 0.05) is 5.92 Å². The maximum absolute atomic E-state index is 5.94. The van der Waals surface area contributed by atoms with Crippen molar-refractivity contribution in [1.29, 1.82) is 0 Å². The maximum Gasteiger partial charge on any atom is 0.0646 e. The fourth-order valence-electron chi connectivity index (χ4n) is 2.97. The molecule has 2 fully saturated rings. The van der Waals surface area contributed by atoms with E-state index in [1.165, 1.54) is 19.3 Å². The molecule has 0 aromatic carbocycles. The van der Waals surface area contributed by atoms with Crippen molar-refractivity contribution in [1.82, 2.24) is 0 Å². The summed E-state index contributed by atoms with van der Waals surface area (Å²) in [7, 11) is 0. The summed E-state index contributed by atoms with van der Waals surface area (Å²) in [6, 6.07) is 0. The lowest BCUT2D eigenvalue weighted by atomic mass is 9.92. The molecule has 2 saturated carbocycles. The van der Waals surface area contributed by atoms with Crippen LogP contribution in [0.2, 0.25) is 0 Å². The molecule has 0 unspecified atom stereocenters. The van der Waals surface area contributed by atoms with Gasteiger partial charge in [0.05, 0.1) is 12.2 Å². The largest absolute Gasteiger partial charge is 0.375 e. The van der Waals surface area contributed by atoms with E-state index in [9.17, 15) is 0 Å². The molecule has 0 spiro atoms. The number of rotatable bonds is 2. The molecule has 0 radical (unpaired) electrons. The Kier molecular flexibility index (Phi) is 2.46. The van der Waals surface area contributed by atoms with Gasteiger partial charge in [-0.1, -0.05) is 11.6 Å². The van der Waals surface area contributed by atoms with Crippen molar-refractivity contribution in [3.8, 4) is 0 Å². The molecule has 2 bridgehead atoms. The summed E-state index contributed by atoms with van der Waals surface area (Å²) in [5, 5.41) is 0. The number of ether oxygens (including phenoxy) is 1. The first kappa shape index (κ1) is 9.26. The fourth-order valence-corrected chi connectivity index (χ4v) is 2.97. The van der Waals surface area contributed by atoms with Gasteiger partial charge in [0.2, 0.25) is 0 Å². The van der Waals surface area contributed by atoms with Crippen LogP contribution in [0.1, 0.15) is 40.0 Å². The summed E-state index contributed by atoms with van der Waals surface area (Å²) in [5.41, 5.74) is 1.65. The maximum atomic E-state index is 5.94. The van der Waals surface area contributed by atoms with Gasteiger partial charge in [-0.25, -0.2) is 0 Å². The van der Waals surface area contributed by atoms with Gasteiger partial charge in [-0.15, -0.1) is 0 Å². The molecule has 13 heavy (non-hydrogen) atoms. The average Bonchev–Trinajstić information content (AvgIpc) is 2.60. The molecule has 0 aromatic heterocycles. The van der Waals surface area contributed by atoms with Crippen LogP contribution >= 0.6 is 0 Å². The summed E-state index contributed by atoms with van der Waals surface area (Å²) in [4.78, 5) is 0. The van der Waals surface area contributed by atoms with E-state index in [4.69, 9.17) is 4.74 Å². The second-order valence-electron chi connectivity index (χ2n) is 4.73. The highest BCUT2D eigenvalue weighted by Crippen LogP contribution is 2.49. The molecule has 1 nitrogen and oxygen atoms in total. The molecule has 3 atom stereocenters. The van der Waals surface area contributed by atoms with Gasteiger partial charge in [0.1, 0.15) is 0 Å². The van der Waals surface area contributed by atoms with Crippen molar-refractivity contribution >= 4 is 0 Å². The van der Waals surface area contributed by atoms with E-state index in [2.05, 4.69) is 26.8 Å². The molecule has 0 saturated heterocycles. The van der Waals surface area contributed by atoms with E-state index in [0.29, 0.717) is 12.2 Å². The van der Waals surface area contributed by atoms with Gasteiger partial charge in [-0.05, 0) is 46.0 Å². The monoisotopic (exact) mass is 180 g/mol. The first-order valence-electron chi connectivity index (χ1n) is 5.51. The second-order valence-corrected chi connectivity index (χ2v) is 4.73. The van der Waals surface area contributed by atoms with Gasteiger partial charge in [0.25, 0.3) is 0 Å². The molecular weight excluding hydrogens is 160 g/mol. The predicted octanol–water partition coefficient (Wildman–Crippen LogP) is 3.16. The van der Waals surface area contributed by atoms with Crippen LogP contribution in [-0.2, 0) is 4.74 Å². The second kappa shape index (κ2) is 3.45. The molecule has 1 heteroatoms. The number of hydrogen-bond donors (Lipinski definition) is 0. The molecule has 0 aromatic rings. The van der Waals surface area contributed by atoms with Crippen LogP contribution < -0.4 is 0 Å². The zero-order valence-corrected chi connectivity index (χ0v) is 8.92. The molecule has 0 heterocycles. The Balaban J connectivity index is 2.02. The highest BCUT2D eigenvalue weighted by Gasteiger charge is 2.43. The van der Waals surface area contributed by atoms with Gasteiger partial charge >= 0.3 is 0 Å². The molecule has 2 aliphatic carbocycles. The fraction of sp³-hybridized carbons (Fsp3) is 0.833. The Labute approximate surface area is 81.2 Å². The lowest BCUT2D eigenvalue weighted by Crippen LogP contribution is -2.25. The Bertz CT molecular complexity index is 217. The average molecular weight is 180 g/mol. The van der Waals surface area contributed by atoms with Gasteiger partial charge < -0.3 is 4.74 Å². The van der Waals surface area contributed by atoms with Crippen molar-refractivity contribution in [2.24, 2.45) is 11.8 Å². The Morgan fingerprint density at radius 1 is 1.38 bits per heavy atom. The SMILES string of the molecule is C/C=C1/C[C@@H]2C[C@@H](OC(C)C)[C@H]1C2. The summed E-state index contributed by atoms with van der Waals surface area (Å²) in [6.45, 7) is 6.45. The minimum absolute atomic E-state index is 0.391. The lowest BCUT2D eigenvalue weighted by molar-refractivity contribution is -0.0116. The molecular formula is C12H20O. The van der Waals surface area contributed by atoms with E-state index in [1.54, 1.807) is 5.57 Å². The van der Waals surface area contributed by atoms with Crippen molar-refractivity contribution in [2.45, 2.75) is 52.2 Å². The van der Waals surface area contributed by atoms with Crippen molar-refractivity contribution in [3.05, 3.63) is 11.6 Å². The first-order chi connectivity index (χ1) is 6.20. The van der Waals surface area contributed by atoms with E-state index in [-0.39, 0.29) is 0 Å². The topological polar surface area (TPSA) is 9.23 Å². The van der Waals surface area contributed by atoms with Gasteiger partial charge in [0.15, 0.2) is 0 Å². The normalized spacial score (nSPS) is 40.9. The van der Waals surface area contributed by atoms with E-state index >= 15 is 0 Å². The number of hydrogen-bond acceptors (Lipinski definition) is 1. The van der Waals surface area contributed by atoms with Crippen LogP contribution in [0.4, 0.5) is 0 Å². The third kappa shape index (κ3) is 1.67. The van der Waals surface area contributed by atoms with Crippen LogP contribution in [0.25, 0.3) is 0 Å². The summed E-state index contributed by atoms with van der Waals surface area (Å²) < 4.78 is 5.94. The minimum atomic E-state index is 0.391. The van der Waals surface area contributed by atoms with Crippen LogP contribution in [-0.4, -0.2) is 12.2 Å². The molecule has 0 N–H and O–H groups in total. The van der Waals surface area contributed by atoms with Gasteiger partial charge in [-0.2, -0.15) is 0 Å². The summed E-state index contributed by atoms with van der Waals surface area (Å²) >= 11 is 0. The third-order valence-electron chi connectivity index (χ3n) is 3.42. The van der Waals surface area contributed by atoms with Crippen LogP contribution in [0.15, 0.2) is 11.6 Å². The minimum Gasteiger partial charge on any atom is -0.375 e. The smallest absolute Gasteiger partial charge is 0.0646 e. The van der Waals surface area contributed by atoms with Crippen molar-refractivity contribution in [3.63, 3.8) is 0 Å². The quantitative estimate of drug-likeness (QED) is 0.593. The lowest BCUT2D eigenvalue weighted by Gasteiger charge is -2.26. The van der Waals surface area contributed by atoms with Crippen LogP contribution in [0.3, 0.4) is 0 Å².